The predicted octanol–water partition coefficient (Wildman–Crippen LogP) is 0.884. The van der Waals surface area contributed by atoms with Crippen molar-refractivity contribution in [1.82, 2.24) is 14.5 Å². The smallest absolute Gasteiger partial charge is 0.211 e. The Balaban J connectivity index is 0.00000225. The molecule has 140 valence electrons. The van der Waals surface area contributed by atoms with E-state index >= 15 is 0 Å². The number of benzene rings is 1. The Morgan fingerprint density at radius 1 is 1.48 bits per heavy atom. The van der Waals surface area contributed by atoms with Gasteiger partial charge in [0.25, 0.3) is 0 Å². The second kappa shape index (κ2) is 7.77. The van der Waals surface area contributed by atoms with E-state index in [9.17, 15) is 8.42 Å². The highest BCUT2D eigenvalue weighted by molar-refractivity contribution is 7.89. The van der Waals surface area contributed by atoms with Crippen molar-refractivity contribution in [3.8, 4) is 11.5 Å². The molecule has 0 aliphatic carbocycles. The summed E-state index contributed by atoms with van der Waals surface area (Å²) in [5.74, 6) is 1.24. The molecule has 0 saturated heterocycles. The fourth-order valence-electron chi connectivity index (χ4n) is 2.57. The number of nitrogens with zero attached hydrogens (tertiary/aromatic N) is 2. The number of aromatic nitrogens is 2. The van der Waals surface area contributed by atoms with E-state index in [4.69, 9.17) is 15.2 Å². The van der Waals surface area contributed by atoms with Crippen molar-refractivity contribution in [2.75, 3.05) is 18.9 Å². The predicted molar refractivity (Wildman–Crippen MR) is 98.0 cm³/mol. The Labute approximate surface area is 153 Å². The number of sulfonamides is 1. The third kappa shape index (κ3) is 4.35. The molecule has 2 aromatic rings. The summed E-state index contributed by atoms with van der Waals surface area (Å²) < 4.78 is 39.3. The Kier molecular flexibility index (Phi) is 6.15. The molecule has 1 aromatic heterocycles. The quantitative estimate of drug-likeness (QED) is 0.758. The van der Waals surface area contributed by atoms with Gasteiger partial charge in [-0.05, 0) is 26.0 Å². The van der Waals surface area contributed by atoms with Gasteiger partial charge in [-0.25, -0.2) is 13.1 Å². The molecule has 0 amide bonds. The summed E-state index contributed by atoms with van der Waals surface area (Å²) in [6.07, 6.45) is 1.35. The monoisotopic (exact) mass is 390 g/mol. The van der Waals surface area contributed by atoms with Crippen LogP contribution in [0.2, 0.25) is 0 Å². The number of rotatable bonds is 6. The zero-order chi connectivity index (χ0) is 17.3. The van der Waals surface area contributed by atoms with Gasteiger partial charge >= 0.3 is 0 Å². The van der Waals surface area contributed by atoms with E-state index in [1.54, 1.807) is 17.8 Å². The molecule has 0 bridgehead atoms. The average molecular weight is 391 g/mol. The molecule has 0 unspecified atom stereocenters. The lowest BCUT2D eigenvalue weighted by Gasteiger charge is -2.27. The van der Waals surface area contributed by atoms with E-state index in [0.29, 0.717) is 18.0 Å². The maximum Gasteiger partial charge on any atom is 0.211 e. The molecule has 0 radical (unpaired) electrons. The summed E-state index contributed by atoms with van der Waals surface area (Å²) >= 11 is 0. The number of ether oxygens (including phenoxy) is 2. The van der Waals surface area contributed by atoms with Crippen LogP contribution in [0.3, 0.4) is 0 Å². The van der Waals surface area contributed by atoms with Crippen LogP contribution in [0.15, 0.2) is 18.3 Å². The highest BCUT2D eigenvalue weighted by Gasteiger charge is 2.26. The van der Waals surface area contributed by atoms with Crippen molar-refractivity contribution in [3.05, 3.63) is 18.3 Å². The summed E-state index contributed by atoms with van der Waals surface area (Å²) in [5.41, 5.74) is 6.69. The van der Waals surface area contributed by atoms with Crippen molar-refractivity contribution < 1.29 is 17.9 Å². The van der Waals surface area contributed by atoms with Crippen LogP contribution in [-0.4, -0.2) is 49.2 Å². The van der Waals surface area contributed by atoms with Crippen LogP contribution in [0, 0.1) is 0 Å². The number of nitrogens with two attached hydrogens (primary N) is 1. The van der Waals surface area contributed by atoms with E-state index in [0.717, 1.165) is 10.9 Å². The van der Waals surface area contributed by atoms with Crippen LogP contribution >= 0.6 is 12.4 Å². The van der Waals surface area contributed by atoms with E-state index < -0.39 is 16.1 Å². The maximum absolute atomic E-state index is 11.6. The fourth-order valence-corrected chi connectivity index (χ4v) is 3.22. The molecule has 0 saturated carbocycles. The highest BCUT2D eigenvalue weighted by atomic mass is 35.5. The van der Waals surface area contributed by atoms with Crippen LogP contribution in [-0.2, 0) is 16.6 Å². The van der Waals surface area contributed by atoms with E-state index in [1.807, 2.05) is 19.1 Å². The third-order valence-electron chi connectivity index (χ3n) is 3.80. The minimum atomic E-state index is -3.27. The number of hydrogen-bond acceptors (Lipinski definition) is 6. The lowest BCUT2D eigenvalue weighted by atomic mass is 10.2. The van der Waals surface area contributed by atoms with Crippen LogP contribution in [0.25, 0.3) is 10.9 Å². The van der Waals surface area contributed by atoms with Gasteiger partial charge < -0.3 is 15.2 Å². The molecule has 1 aliphatic rings. The van der Waals surface area contributed by atoms with E-state index in [-0.39, 0.29) is 37.4 Å². The first-order valence-corrected chi connectivity index (χ1v) is 9.55. The van der Waals surface area contributed by atoms with Crippen LogP contribution in [0.4, 0.5) is 0 Å². The normalized spacial score (nSPS) is 18.0. The summed E-state index contributed by atoms with van der Waals surface area (Å²) in [7, 11) is -3.27. The van der Waals surface area contributed by atoms with Gasteiger partial charge in [-0.3, -0.25) is 4.68 Å². The second-order valence-electron chi connectivity index (χ2n) is 5.94. The van der Waals surface area contributed by atoms with Crippen molar-refractivity contribution in [2.24, 2.45) is 5.73 Å². The molecule has 0 spiro atoms. The van der Waals surface area contributed by atoms with Crippen LogP contribution in [0.5, 0.6) is 11.5 Å². The van der Waals surface area contributed by atoms with Crippen molar-refractivity contribution in [2.45, 2.75) is 32.5 Å². The van der Waals surface area contributed by atoms with E-state index in [2.05, 4.69) is 9.82 Å². The fraction of sp³-hybridized carbons (Fsp3) is 0.533. The largest absolute Gasteiger partial charge is 0.486 e. The minimum absolute atomic E-state index is 0. The first-order valence-electron chi connectivity index (χ1n) is 7.90. The average Bonchev–Trinajstić information content (AvgIpc) is 2.95. The standard InChI is InChI=1S/C15H22N4O4S.ClH/c1-3-24(20,21)18-7-12-9-22-13-5-4-11-6-17-19(8-10(2)16)14(11)15(13)23-12;/h4-6,10,12,18H,3,7-9,16H2,1-2H3;1H/t10-,12-;/m0./s1. The Morgan fingerprint density at radius 3 is 2.92 bits per heavy atom. The van der Waals surface area contributed by atoms with Gasteiger partial charge in [-0.15, -0.1) is 12.4 Å². The zero-order valence-corrected chi connectivity index (χ0v) is 15.8. The van der Waals surface area contributed by atoms with Gasteiger partial charge in [0.15, 0.2) is 11.5 Å². The summed E-state index contributed by atoms with van der Waals surface area (Å²) in [6, 6.07) is 3.70. The van der Waals surface area contributed by atoms with Gasteiger partial charge in [-0.1, -0.05) is 0 Å². The third-order valence-corrected chi connectivity index (χ3v) is 5.17. The maximum atomic E-state index is 11.6. The summed E-state index contributed by atoms with van der Waals surface area (Å²) in [4.78, 5) is 0. The molecule has 1 aliphatic heterocycles. The molecule has 0 fully saturated rings. The Bertz CT molecular complexity index is 837. The van der Waals surface area contributed by atoms with Gasteiger partial charge in [0.05, 0.1) is 25.0 Å². The molecule has 3 N–H and O–H groups in total. The first-order chi connectivity index (χ1) is 11.4. The first kappa shape index (κ1) is 19.8. The van der Waals surface area contributed by atoms with Crippen molar-refractivity contribution in [1.29, 1.82) is 0 Å². The Hall–Kier alpha value is -1.55. The van der Waals surface area contributed by atoms with Crippen molar-refractivity contribution in [3.63, 3.8) is 0 Å². The minimum Gasteiger partial charge on any atom is -0.486 e. The molecule has 25 heavy (non-hydrogen) atoms. The Morgan fingerprint density at radius 2 is 2.24 bits per heavy atom. The zero-order valence-electron chi connectivity index (χ0n) is 14.1. The number of nitrogens with one attached hydrogen (secondary N) is 1. The molecule has 1 aromatic carbocycles. The second-order valence-corrected chi connectivity index (χ2v) is 8.03. The number of halogens is 1. The van der Waals surface area contributed by atoms with Gasteiger partial charge in [0, 0.05) is 11.4 Å². The summed E-state index contributed by atoms with van der Waals surface area (Å²) in [5, 5.41) is 5.28. The lowest BCUT2D eigenvalue weighted by molar-refractivity contribution is 0.0957. The molecular weight excluding hydrogens is 368 g/mol. The lowest BCUT2D eigenvalue weighted by Crippen LogP contribution is -2.41. The number of hydrogen-bond donors (Lipinski definition) is 2. The molecule has 2 heterocycles. The molecule has 3 rings (SSSR count). The van der Waals surface area contributed by atoms with Crippen LogP contribution < -0.4 is 19.9 Å². The SMILES string of the molecule is CCS(=O)(=O)NC[C@H]1COc2ccc3cnn(C[C@H](C)N)c3c2O1.Cl. The van der Waals surface area contributed by atoms with Gasteiger partial charge in [0.1, 0.15) is 18.2 Å². The summed E-state index contributed by atoms with van der Waals surface area (Å²) in [6.45, 7) is 4.49. The molecule has 8 nitrogen and oxygen atoms in total. The van der Waals surface area contributed by atoms with Crippen LogP contribution in [0.1, 0.15) is 13.8 Å². The van der Waals surface area contributed by atoms with Crippen molar-refractivity contribution >= 4 is 33.3 Å². The highest BCUT2D eigenvalue weighted by Crippen LogP contribution is 2.38. The topological polar surface area (TPSA) is 108 Å². The van der Waals surface area contributed by atoms with Gasteiger partial charge in [-0.2, -0.15) is 5.10 Å². The van der Waals surface area contributed by atoms with E-state index in [1.165, 1.54) is 0 Å². The molecule has 2 atom stereocenters. The molecule has 10 heteroatoms. The molecular formula is C15H23ClN4O4S. The number of fused-ring (bicyclic) bond motifs is 3. The van der Waals surface area contributed by atoms with Gasteiger partial charge in [0.2, 0.25) is 10.0 Å².